The van der Waals surface area contributed by atoms with Crippen LogP contribution in [-0.2, 0) is 0 Å². The van der Waals surface area contributed by atoms with Crippen LogP contribution in [0.15, 0.2) is 34.5 Å². The first-order valence-corrected chi connectivity index (χ1v) is 9.90. The van der Waals surface area contributed by atoms with Crippen LogP contribution in [-0.4, -0.2) is 68.5 Å². The van der Waals surface area contributed by atoms with Crippen LogP contribution in [0.2, 0.25) is 0 Å². The molecule has 5 nitrogen and oxygen atoms in total. The van der Waals surface area contributed by atoms with Crippen LogP contribution in [0, 0.1) is 6.92 Å². The normalized spacial score (nSPS) is 23.7. The minimum Gasteiger partial charge on any atom is -0.368 e. The first kappa shape index (κ1) is 16.8. The van der Waals surface area contributed by atoms with E-state index in [4.69, 9.17) is 4.99 Å². The molecule has 1 fully saturated rings. The predicted molar refractivity (Wildman–Crippen MR) is 107 cm³/mol. The van der Waals surface area contributed by atoms with Gasteiger partial charge in [-0.15, -0.1) is 11.3 Å². The van der Waals surface area contributed by atoms with Crippen LogP contribution in [0.1, 0.15) is 16.9 Å². The molecule has 0 saturated carbocycles. The fraction of sp³-hybridized carbons (Fsp3) is 0.526. The number of nitrogens with one attached hydrogen (secondary N) is 2. The van der Waals surface area contributed by atoms with E-state index in [-0.39, 0.29) is 6.04 Å². The summed E-state index contributed by atoms with van der Waals surface area (Å²) in [5.74, 6) is 1.15. The van der Waals surface area contributed by atoms with Gasteiger partial charge in [0, 0.05) is 37.6 Å². The maximum atomic E-state index is 5.19. The van der Waals surface area contributed by atoms with Crippen LogP contribution in [0.3, 0.4) is 0 Å². The van der Waals surface area contributed by atoms with E-state index in [0.717, 1.165) is 45.0 Å². The fourth-order valence-corrected chi connectivity index (χ4v) is 4.66. The number of aliphatic imine (C=N–C) groups is 1. The Kier molecular flexibility index (Phi) is 4.67. The molecule has 0 bridgehead atoms. The van der Waals surface area contributed by atoms with Crippen LogP contribution in [0.25, 0.3) is 0 Å². The van der Waals surface area contributed by atoms with E-state index in [9.17, 15) is 0 Å². The number of rotatable bonds is 2. The van der Waals surface area contributed by atoms with Crippen molar-refractivity contribution >= 4 is 22.2 Å². The summed E-state index contributed by atoms with van der Waals surface area (Å²) in [6.07, 6.45) is 5.59. The van der Waals surface area contributed by atoms with E-state index < -0.39 is 0 Å². The third-order valence-corrected chi connectivity index (χ3v) is 6.11. The number of nitrogens with zero attached hydrogens (tertiary/aromatic N) is 3. The quantitative estimate of drug-likeness (QED) is 0.852. The summed E-state index contributed by atoms with van der Waals surface area (Å²) >= 11 is 1.85. The minimum atomic E-state index is 0.280. The van der Waals surface area contributed by atoms with Crippen molar-refractivity contribution in [2.45, 2.75) is 19.4 Å². The Balaban J connectivity index is 1.73. The van der Waals surface area contributed by atoms with Gasteiger partial charge in [0.15, 0.2) is 0 Å². The monoisotopic (exact) mass is 357 g/mol. The maximum absolute atomic E-state index is 5.19. The molecule has 1 aliphatic carbocycles. The van der Waals surface area contributed by atoms with Crippen molar-refractivity contribution in [3.8, 4) is 0 Å². The van der Waals surface area contributed by atoms with Crippen LogP contribution in [0.4, 0.5) is 5.00 Å². The van der Waals surface area contributed by atoms with Gasteiger partial charge in [0.05, 0.1) is 17.3 Å². The highest BCUT2D eigenvalue weighted by Gasteiger charge is 2.29. The highest BCUT2D eigenvalue weighted by molar-refractivity contribution is 7.16. The Labute approximate surface area is 154 Å². The van der Waals surface area contributed by atoms with E-state index in [0.29, 0.717) is 0 Å². The lowest BCUT2D eigenvalue weighted by molar-refractivity contribution is 0.215. The summed E-state index contributed by atoms with van der Waals surface area (Å²) in [6.45, 7) is 7.36. The molecule has 1 saturated heterocycles. The van der Waals surface area contributed by atoms with E-state index in [1.165, 1.54) is 26.7 Å². The Morgan fingerprint density at radius 1 is 1.32 bits per heavy atom. The second-order valence-corrected chi connectivity index (χ2v) is 8.39. The SMILES string of the molecule is CNCC1=CCC2Nc3sc(C)cc3C(N3CCN(C)CC3)=NC2=C1. The van der Waals surface area contributed by atoms with Gasteiger partial charge in [0.1, 0.15) is 10.8 Å². The number of anilines is 1. The molecule has 0 amide bonds. The van der Waals surface area contributed by atoms with Crippen LogP contribution in [0.5, 0.6) is 0 Å². The summed E-state index contributed by atoms with van der Waals surface area (Å²) in [5, 5.41) is 8.28. The molecule has 25 heavy (non-hydrogen) atoms. The summed E-state index contributed by atoms with van der Waals surface area (Å²) < 4.78 is 0. The van der Waals surface area contributed by atoms with Crippen molar-refractivity contribution in [2.24, 2.45) is 4.99 Å². The molecule has 1 aromatic heterocycles. The largest absolute Gasteiger partial charge is 0.368 e. The lowest BCUT2D eigenvalue weighted by Crippen LogP contribution is -2.47. The number of thiophene rings is 1. The number of aryl methyl sites for hydroxylation is 1. The molecule has 134 valence electrons. The van der Waals surface area contributed by atoms with Crippen molar-refractivity contribution in [1.29, 1.82) is 0 Å². The number of hydrogen-bond acceptors (Lipinski definition) is 6. The molecular formula is C19H27N5S. The molecule has 1 unspecified atom stereocenters. The molecule has 4 rings (SSSR count). The Hall–Kier alpha value is -1.63. The topological polar surface area (TPSA) is 42.9 Å². The zero-order chi connectivity index (χ0) is 17.4. The molecule has 0 radical (unpaired) electrons. The smallest absolute Gasteiger partial charge is 0.139 e. The molecule has 1 aromatic rings. The minimum absolute atomic E-state index is 0.280. The van der Waals surface area contributed by atoms with E-state index in [1.54, 1.807) is 0 Å². The molecule has 3 aliphatic rings. The fourth-order valence-electron chi connectivity index (χ4n) is 3.70. The van der Waals surface area contributed by atoms with Crippen LogP contribution < -0.4 is 10.6 Å². The van der Waals surface area contributed by atoms with Gasteiger partial charge in [-0.3, -0.25) is 0 Å². The lowest BCUT2D eigenvalue weighted by Gasteiger charge is -2.34. The average Bonchev–Trinajstić information content (AvgIpc) is 2.89. The van der Waals surface area contributed by atoms with E-state index in [1.807, 2.05) is 18.4 Å². The Morgan fingerprint density at radius 3 is 2.88 bits per heavy atom. The highest BCUT2D eigenvalue weighted by Crippen LogP contribution is 2.35. The average molecular weight is 358 g/mol. The molecule has 6 heteroatoms. The van der Waals surface area contributed by atoms with Gasteiger partial charge in [-0.1, -0.05) is 6.08 Å². The van der Waals surface area contributed by atoms with Crippen molar-refractivity contribution in [2.75, 3.05) is 52.1 Å². The third kappa shape index (κ3) is 3.38. The van der Waals surface area contributed by atoms with Crippen LogP contribution >= 0.6 is 11.3 Å². The molecule has 2 N–H and O–H groups in total. The third-order valence-electron chi connectivity index (χ3n) is 5.13. The summed E-state index contributed by atoms with van der Waals surface area (Å²) in [6, 6.07) is 2.58. The second-order valence-electron chi connectivity index (χ2n) is 7.14. The Bertz CT molecular complexity index is 737. The Morgan fingerprint density at radius 2 is 2.12 bits per heavy atom. The number of likely N-dealkylation sites (N-methyl/N-ethyl adjacent to an activating group) is 2. The molecule has 3 heterocycles. The van der Waals surface area contributed by atoms with Crippen molar-refractivity contribution in [3.63, 3.8) is 0 Å². The van der Waals surface area contributed by atoms with Crippen molar-refractivity contribution < 1.29 is 0 Å². The number of piperazine rings is 1. The molecule has 1 atom stereocenters. The molecule has 0 aromatic carbocycles. The van der Waals surface area contributed by atoms with Gasteiger partial charge in [0.25, 0.3) is 0 Å². The molecule has 0 spiro atoms. The van der Waals surface area contributed by atoms with Crippen molar-refractivity contribution in [3.05, 3.63) is 39.9 Å². The lowest BCUT2D eigenvalue weighted by atomic mass is 10.00. The standard InChI is InChI=1S/C19H27N5S/c1-13-10-15-18(24-8-6-23(3)7-9-24)21-17-11-14(12-20-2)4-5-16(17)22-19(15)25-13/h4,10-11,16,20,22H,5-9,12H2,1-3H3. The molecule has 2 aliphatic heterocycles. The van der Waals surface area contributed by atoms with Gasteiger partial charge in [-0.05, 0) is 45.2 Å². The maximum Gasteiger partial charge on any atom is 0.139 e. The van der Waals surface area contributed by atoms with E-state index in [2.05, 4.69) is 52.6 Å². The zero-order valence-electron chi connectivity index (χ0n) is 15.3. The van der Waals surface area contributed by atoms with Gasteiger partial charge in [0.2, 0.25) is 0 Å². The first-order valence-electron chi connectivity index (χ1n) is 9.09. The van der Waals surface area contributed by atoms with Gasteiger partial charge < -0.3 is 20.4 Å². The van der Waals surface area contributed by atoms with E-state index >= 15 is 0 Å². The van der Waals surface area contributed by atoms with Gasteiger partial charge >= 0.3 is 0 Å². The van der Waals surface area contributed by atoms with Gasteiger partial charge in [-0.2, -0.15) is 0 Å². The highest BCUT2D eigenvalue weighted by atomic mass is 32.1. The second kappa shape index (κ2) is 6.94. The number of amidine groups is 1. The number of hydrogen-bond donors (Lipinski definition) is 2. The van der Waals surface area contributed by atoms with Gasteiger partial charge in [-0.25, -0.2) is 4.99 Å². The van der Waals surface area contributed by atoms with Crippen molar-refractivity contribution in [1.82, 2.24) is 15.1 Å². The summed E-state index contributed by atoms with van der Waals surface area (Å²) in [7, 11) is 4.19. The molecular weight excluding hydrogens is 330 g/mol. The summed E-state index contributed by atoms with van der Waals surface area (Å²) in [4.78, 5) is 11.4. The predicted octanol–water partition coefficient (Wildman–Crippen LogP) is 2.28. The zero-order valence-corrected chi connectivity index (χ0v) is 16.1. The first-order chi connectivity index (χ1) is 12.1. The number of fused-ring (bicyclic) bond motifs is 2. The summed E-state index contributed by atoms with van der Waals surface area (Å²) in [5.41, 5.74) is 3.78.